The highest BCUT2D eigenvalue weighted by Crippen LogP contribution is 2.40. The van der Waals surface area contributed by atoms with Gasteiger partial charge in [0.15, 0.2) is 5.60 Å². The lowest BCUT2D eigenvalue weighted by atomic mass is 9.97. The average molecular weight is 487 g/mol. The first-order valence-corrected chi connectivity index (χ1v) is 9.96. The predicted octanol–water partition coefficient (Wildman–Crippen LogP) is 5.19. The molecule has 0 aliphatic rings. The van der Waals surface area contributed by atoms with Gasteiger partial charge in [0.2, 0.25) is 0 Å². The molecule has 3 rings (SSSR count). The molecule has 0 bridgehead atoms. The first kappa shape index (κ1) is 24.7. The first-order valence-electron chi connectivity index (χ1n) is 9.22. The number of ether oxygens (including phenoxy) is 1. The van der Waals surface area contributed by atoms with Crippen molar-refractivity contribution in [3.63, 3.8) is 0 Å². The van der Waals surface area contributed by atoms with Crippen LogP contribution in [0.2, 0.25) is 0 Å². The Balaban J connectivity index is 2.07. The lowest BCUT2D eigenvalue weighted by Gasteiger charge is -2.25. The maximum absolute atomic E-state index is 12.8. The minimum Gasteiger partial charge on any atom is -0.462 e. The molecule has 176 valence electrons. The Morgan fingerprint density at radius 2 is 1.82 bits per heavy atom. The number of nitro benzene ring substituents is 1. The summed E-state index contributed by atoms with van der Waals surface area (Å²) in [7, 11) is 0. The van der Waals surface area contributed by atoms with E-state index in [2.05, 4.69) is 9.37 Å². The van der Waals surface area contributed by atoms with E-state index in [-0.39, 0.29) is 22.0 Å². The minimum atomic E-state index is -4.91. The highest BCUT2D eigenvalue weighted by molar-refractivity contribution is 7.94. The van der Waals surface area contributed by atoms with E-state index in [4.69, 9.17) is 9.99 Å². The molecule has 0 spiro atoms. The number of benzene rings is 3. The number of hydrogen-bond acceptors (Lipinski definition) is 9. The number of halogens is 3. The molecule has 0 radical (unpaired) electrons. The fourth-order valence-electron chi connectivity index (χ4n) is 3.19. The molecule has 13 heteroatoms. The molecule has 0 saturated carbocycles. The number of fused-ring (bicyclic) bond motifs is 3. The van der Waals surface area contributed by atoms with Crippen LogP contribution in [0.1, 0.15) is 23.7 Å². The highest BCUT2D eigenvalue weighted by Gasteiger charge is 2.49. The Morgan fingerprint density at radius 1 is 1.15 bits per heavy atom. The first-order chi connectivity index (χ1) is 15.5. The van der Waals surface area contributed by atoms with Gasteiger partial charge in [-0.2, -0.15) is 13.2 Å². The molecule has 2 N–H and O–H groups in total. The van der Waals surface area contributed by atoms with Gasteiger partial charge in [0, 0.05) is 28.2 Å². The molecule has 0 heterocycles. The SMILES string of the molecule is CC(O)(CCOC(=O)c1cccc2c1cc([N+](=O)[O-])c1cccc(SOOO)c12)C(F)(F)F. The van der Waals surface area contributed by atoms with Gasteiger partial charge in [-0.25, -0.2) is 10.1 Å². The fourth-order valence-corrected chi connectivity index (χ4v) is 3.73. The molecule has 0 fully saturated rings. The van der Waals surface area contributed by atoms with E-state index in [0.717, 1.165) is 6.07 Å². The van der Waals surface area contributed by atoms with Gasteiger partial charge in [0.25, 0.3) is 5.69 Å². The largest absolute Gasteiger partial charge is 0.462 e. The summed E-state index contributed by atoms with van der Waals surface area (Å²) in [5, 5.41) is 34.3. The maximum atomic E-state index is 12.8. The maximum Gasteiger partial charge on any atom is 0.417 e. The third-order valence-electron chi connectivity index (χ3n) is 4.96. The van der Waals surface area contributed by atoms with E-state index in [1.807, 2.05) is 0 Å². The van der Waals surface area contributed by atoms with Gasteiger partial charge in [-0.1, -0.05) is 23.2 Å². The molecule has 3 aromatic carbocycles. The minimum absolute atomic E-state index is 0.113. The number of rotatable bonds is 8. The van der Waals surface area contributed by atoms with Gasteiger partial charge < -0.3 is 9.84 Å². The highest BCUT2D eigenvalue weighted by atomic mass is 32.2. The molecule has 0 saturated heterocycles. The summed E-state index contributed by atoms with van der Waals surface area (Å²) in [5.41, 5.74) is -3.52. The Labute approximate surface area is 187 Å². The summed E-state index contributed by atoms with van der Waals surface area (Å²) in [6, 6.07) is 10.1. The molecule has 9 nitrogen and oxygen atoms in total. The van der Waals surface area contributed by atoms with Crippen molar-refractivity contribution in [1.82, 2.24) is 0 Å². The topological polar surface area (TPSA) is 128 Å². The van der Waals surface area contributed by atoms with Crippen LogP contribution < -0.4 is 0 Å². The Morgan fingerprint density at radius 3 is 2.45 bits per heavy atom. The van der Waals surface area contributed by atoms with Crippen molar-refractivity contribution >= 4 is 45.2 Å². The second-order valence-corrected chi connectivity index (χ2v) is 7.86. The number of nitro groups is 1. The molecule has 3 aromatic rings. The molecule has 0 aliphatic carbocycles. The molecule has 0 aromatic heterocycles. The fraction of sp³-hybridized carbons (Fsp3) is 0.250. The van der Waals surface area contributed by atoms with Gasteiger partial charge in [0.05, 0.1) is 34.5 Å². The zero-order valence-corrected chi connectivity index (χ0v) is 17.6. The Bertz CT molecular complexity index is 1220. The van der Waals surface area contributed by atoms with E-state index in [0.29, 0.717) is 34.6 Å². The van der Waals surface area contributed by atoms with Crippen LogP contribution >= 0.6 is 12.0 Å². The van der Waals surface area contributed by atoms with Crippen molar-refractivity contribution in [2.24, 2.45) is 0 Å². The van der Waals surface area contributed by atoms with Crippen molar-refractivity contribution in [2.45, 2.75) is 30.0 Å². The molecule has 0 amide bonds. The van der Waals surface area contributed by atoms with Crippen molar-refractivity contribution in [3.8, 4) is 0 Å². The van der Waals surface area contributed by atoms with Gasteiger partial charge in [-0.05, 0) is 30.5 Å². The summed E-state index contributed by atoms with van der Waals surface area (Å²) < 4.78 is 47.8. The van der Waals surface area contributed by atoms with E-state index in [1.165, 1.54) is 24.3 Å². The van der Waals surface area contributed by atoms with Crippen molar-refractivity contribution in [2.75, 3.05) is 6.61 Å². The van der Waals surface area contributed by atoms with Crippen molar-refractivity contribution in [1.29, 1.82) is 0 Å². The van der Waals surface area contributed by atoms with Gasteiger partial charge in [-0.3, -0.25) is 10.1 Å². The van der Waals surface area contributed by atoms with Gasteiger partial charge in [0.1, 0.15) is 0 Å². The molecule has 1 unspecified atom stereocenters. The number of nitrogens with zero attached hydrogens (tertiary/aromatic N) is 1. The van der Waals surface area contributed by atoms with Crippen molar-refractivity contribution in [3.05, 3.63) is 58.1 Å². The van der Waals surface area contributed by atoms with E-state index in [9.17, 15) is 33.2 Å². The van der Waals surface area contributed by atoms with Crippen molar-refractivity contribution < 1.29 is 47.4 Å². The lowest BCUT2D eigenvalue weighted by Crippen LogP contribution is -2.43. The van der Waals surface area contributed by atoms with Crippen LogP contribution in [0.25, 0.3) is 21.5 Å². The third-order valence-corrected chi connectivity index (χ3v) is 5.61. The number of non-ortho nitro benzene ring substituents is 1. The van der Waals surface area contributed by atoms with E-state index >= 15 is 0 Å². The van der Waals surface area contributed by atoms with Crippen LogP contribution in [0.3, 0.4) is 0 Å². The number of aliphatic hydroxyl groups is 1. The smallest absolute Gasteiger partial charge is 0.417 e. The summed E-state index contributed by atoms with van der Waals surface area (Å²) in [4.78, 5) is 24.0. The van der Waals surface area contributed by atoms with Crippen LogP contribution in [0.15, 0.2) is 47.4 Å². The summed E-state index contributed by atoms with van der Waals surface area (Å²) in [5.74, 6) is -1.02. The van der Waals surface area contributed by atoms with Crippen LogP contribution in [-0.4, -0.2) is 39.6 Å². The zero-order valence-electron chi connectivity index (χ0n) is 16.8. The number of carbonyl (C=O) groups is 1. The molecular formula is C20H16F3NO8S. The number of carbonyl (C=O) groups excluding carboxylic acids is 1. The monoisotopic (exact) mass is 487 g/mol. The lowest BCUT2D eigenvalue weighted by molar-refractivity contribution is -0.432. The molecule has 1 atom stereocenters. The van der Waals surface area contributed by atoms with E-state index < -0.39 is 35.7 Å². The standard InChI is InChI=1S/C20H16F3NO8S/c1-19(26,20(21,22)23)8-9-30-18(25)12-5-2-4-11-14(12)10-15(24(27)28)13-6-3-7-16(17(11)13)33-32-31-29/h2-7,10,26,29H,8-9H2,1H3. The van der Waals surface area contributed by atoms with Gasteiger partial charge >= 0.3 is 12.1 Å². The quantitative estimate of drug-likeness (QED) is 0.110. The van der Waals surface area contributed by atoms with Crippen LogP contribution in [-0.2, 0) is 14.1 Å². The van der Waals surface area contributed by atoms with Crippen LogP contribution in [0.4, 0.5) is 18.9 Å². The third kappa shape index (κ3) is 5.02. The van der Waals surface area contributed by atoms with E-state index in [1.54, 1.807) is 12.1 Å². The Hall–Kier alpha value is -2.97. The summed E-state index contributed by atoms with van der Waals surface area (Å²) in [6.07, 6.45) is -5.80. The zero-order chi connectivity index (χ0) is 24.4. The molecular weight excluding hydrogens is 471 g/mol. The number of alkyl halides is 3. The summed E-state index contributed by atoms with van der Waals surface area (Å²) >= 11 is 0.573. The molecule has 0 aliphatic heterocycles. The van der Waals surface area contributed by atoms with Crippen LogP contribution in [0, 0.1) is 10.1 Å². The second kappa shape index (κ2) is 9.49. The number of esters is 1. The molecule has 33 heavy (non-hydrogen) atoms. The average Bonchev–Trinajstić information content (AvgIpc) is 2.75. The number of hydrogen-bond donors (Lipinski definition) is 2. The summed E-state index contributed by atoms with van der Waals surface area (Å²) in [6.45, 7) is -0.175. The predicted molar refractivity (Wildman–Crippen MR) is 110 cm³/mol. The Kier molecular flexibility index (Phi) is 7.09. The van der Waals surface area contributed by atoms with Crippen LogP contribution in [0.5, 0.6) is 0 Å². The second-order valence-electron chi connectivity index (χ2n) is 7.12. The normalized spacial score (nSPS) is 13.8. The van der Waals surface area contributed by atoms with Gasteiger partial charge in [-0.15, -0.1) is 4.33 Å².